The van der Waals surface area contributed by atoms with Crippen LogP contribution in [0.5, 0.6) is 0 Å². The van der Waals surface area contributed by atoms with Crippen LogP contribution in [-0.2, 0) is 11.3 Å². The average molecular weight is 214 g/mol. The molecule has 3 nitrogen and oxygen atoms in total. The lowest BCUT2D eigenvalue weighted by molar-refractivity contribution is 0.121. The Hall–Kier alpha value is -0.450. The highest BCUT2D eigenvalue weighted by molar-refractivity contribution is 7.09. The van der Waals surface area contributed by atoms with Crippen LogP contribution in [0.25, 0.3) is 0 Å². The summed E-state index contributed by atoms with van der Waals surface area (Å²) in [4.78, 5) is 4.48. The number of hydrogen-bond acceptors (Lipinski definition) is 4. The minimum absolute atomic E-state index is 0.519. The third-order valence-corrected chi connectivity index (χ3v) is 3.00. The molecule has 0 fully saturated rings. The molecule has 0 saturated carbocycles. The van der Waals surface area contributed by atoms with E-state index in [0.29, 0.717) is 12.5 Å². The van der Waals surface area contributed by atoms with Gasteiger partial charge in [-0.25, -0.2) is 4.98 Å². The van der Waals surface area contributed by atoms with Crippen molar-refractivity contribution < 1.29 is 4.74 Å². The first-order valence-corrected chi connectivity index (χ1v) is 5.78. The van der Waals surface area contributed by atoms with Gasteiger partial charge in [-0.15, -0.1) is 11.3 Å². The van der Waals surface area contributed by atoms with Gasteiger partial charge in [-0.2, -0.15) is 0 Å². The van der Waals surface area contributed by atoms with Crippen molar-refractivity contribution in [1.29, 1.82) is 0 Å². The van der Waals surface area contributed by atoms with Crippen molar-refractivity contribution in [2.75, 3.05) is 20.2 Å². The average Bonchev–Trinajstić information content (AvgIpc) is 2.61. The monoisotopic (exact) mass is 214 g/mol. The van der Waals surface area contributed by atoms with Crippen molar-refractivity contribution in [2.45, 2.75) is 26.4 Å². The Morgan fingerprint density at radius 3 is 2.93 bits per heavy atom. The summed E-state index contributed by atoms with van der Waals surface area (Å²) in [6.07, 6.45) is 0. The molecule has 14 heavy (non-hydrogen) atoms. The van der Waals surface area contributed by atoms with Crippen molar-refractivity contribution in [2.24, 2.45) is 0 Å². The number of nitrogens with zero attached hydrogens (tertiary/aromatic N) is 1. The molecule has 0 spiro atoms. The standard InChI is InChI=1S/C10H18N2OS/c1-8(2)10-12-9(7-14-10)6-13-5-4-11-3/h7-8,11H,4-6H2,1-3H3. The van der Waals surface area contributed by atoms with E-state index < -0.39 is 0 Å². The Balaban J connectivity index is 2.29. The molecule has 80 valence electrons. The summed E-state index contributed by atoms with van der Waals surface area (Å²) in [6, 6.07) is 0. The molecule has 1 heterocycles. The fraction of sp³-hybridized carbons (Fsp3) is 0.700. The zero-order valence-corrected chi connectivity index (χ0v) is 9.86. The highest BCUT2D eigenvalue weighted by atomic mass is 32.1. The second-order valence-corrected chi connectivity index (χ2v) is 4.38. The first-order chi connectivity index (χ1) is 6.74. The van der Waals surface area contributed by atoms with Gasteiger partial charge in [-0.1, -0.05) is 13.8 Å². The predicted octanol–water partition coefficient (Wildman–Crippen LogP) is 2.00. The Kier molecular flexibility index (Phi) is 5.07. The molecule has 0 bridgehead atoms. The van der Waals surface area contributed by atoms with Crippen LogP contribution >= 0.6 is 11.3 Å². The summed E-state index contributed by atoms with van der Waals surface area (Å²) in [5, 5.41) is 6.30. The minimum atomic E-state index is 0.519. The lowest BCUT2D eigenvalue weighted by Gasteiger charge is -2.01. The Labute approximate surface area is 89.5 Å². The minimum Gasteiger partial charge on any atom is -0.374 e. The maximum Gasteiger partial charge on any atom is 0.0954 e. The molecule has 1 N–H and O–H groups in total. The molecule has 1 rings (SSSR count). The molecule has 0 aliphatic carbocycles. The summed E-state index contributed by atoms with van der Waals surface area (Å²) in [5.41, 5.74) is 1.05. The molecule has 0 radical (unpaired) electrons. The second kappa shape index (κ2) is 6.11. The first kappa shape index (κ1) is 11.6. The van der Waals surface area contributed by atoms with Gasteiger partial charge in [0.1, 0.15) is 0 Å². The van der Waals surface area contributed by atoms with Crippen molar-refractivity contribution in [3.63, 3.8) is 0 Å². The third kappa shape index (κ3) is 3.74. The molecule has 4 heteroatoms. The van der Waals surface area contributed by atoms with E-state index >= 15 is 0 Å². The highest BCUT2D eigenvalue weighted by Crippen LogP contribution is 2.19. The quantitative estimate of drug-likeness (QED) is 0.735. The van der Waals surface area contributed by atoms with Gasteiger partial charge in [-0.05, 0) is 7.05 Å². The van der Waals surface area contributed by atoms with Gasteiger partial charge < -0.3 is 10.1 Å². The zero-order valence-electron chi connectivity index (χ0n) is 9.04. The Morgan fingerprint density at radius 2 is 2.36 bits per heavy atom. The lowest BCUT2D eigenvalue weighted by Crippen LogP contribution is -2.14. The zero-order chi connectivity index (χ0) is 10.4. The smallest absolute Gasteiger partial charge is 0.0954 e. The molecule has 0 aromatic carbocycles. The summed E-state index contributed by atoms with van der Waals surface area (Å²) in [6.45, 7) is 6.58. The van der Waals surface area contributed by atoms with Crippen molar-refractivity contribution >= 4 is 11.3 Å². The molecular formula is C10H18N2OS. The van der Waals surface area contributed by atoms with Gasteiger partial charge in [0.2, 0.25) is 0 Å². The highest BCUT2D eigenvalue weighted by Gasteiger charge is 2.05. The van der Waals surface area contributed by atoms with Gasteiger partial charge >= 0.3 is 0 Å². The SMILES string of the molecule is CNCCOCc1csc(C(C)C)n1. The molecule has 0 aliphatic rings. The second-order valence-electron chi connectivity index (χ2n) is 3.49. The van der Waals surface area contributed by atoms with Crippen LogP contribution in [0.15, 0.2) is 5.38 Å². The van der Waals surface area contributed by atoms with Gasteiger partial charge in [-0.3, -0.25) is 0 Å². The van der Waals surface area contributed by atoms with E-state index in [1.54, 1.807) is 11.3 Å². The fourth-order valence-corrected chi connectivity index (χ4v) is 1.82. The van der Waals surface area contributed by atoms with Gasteiger partial charge in [0.25, 0.3) is 0 Å². The van der Waals surface area contributed by atoms with E-state index in [4.69, 9.17) is 4.74 Å². The van der Waals surface area contributed by atoms with Crippen molar-refractivity contribution in [3.8, 4) is 0 Å². The molecule has 0 saturated heterocycles. The number of likely N-dealkylation sites (N-methyl/N-ethyl adjacent to an activating group) is 1. The number of nitrogens with one attached hydrogen (secondary N) is 1. The summed E-state index contributed by atoms with van der Waals surface area (Å²) in [7, 11) is 1.92. The van der Waals surface area contributed by atoms with Crippen LogP contribution in [0.3, 0.4) is 0 Å². The molecule has 0 aliphatic heterocycles. The van der Waals surface area contributed by atoms with E-state index in [1.807, 2.05) is 7.05 Å². The molecule has 0 unspecified atom stereocenters. The molecule has 1 aromatic heterocycles. The molecular weight excluding hydrogens is 196 g/mol. The number of thiazole rings is 1. The van der Waals surface area contributed by atoms with E-state index in [0.717, 1.165) is 18.8 Å². The van der Waals surface area contributed by atoms with E-state index in [2.05, 4.69) is 29.5 Å². The maximum atomic E-state index is 5.43. The third-order valence-electron chi connectivity index (χ3n) is 1.81. The normalized spacial score (nSPS) is 11.1. The lowest BCUT2D eigenvalue weighted by atomic mass is 10.2. The van der Waals surface area contributed by atoms with Crippen LogP contribution in [0, 0.1) is 0 Å². The maximum absolute atomic E-state index is 5.43. The largest absolute Gasteiger partial charge is 0.374 e. The van der Waals surface area contributed by atoms with Gasteiger partial charge in [0.05, 0.1) is 23.9 Å². The van der Waals surface area contributed by atoms with E-state index in [1.165, 1.54) is 5.01 Å². The molecule has 1 aromatic rings. The van der Waals surface area contributed by atoms with Crippen molar-refractivity contribution in [3.05, 3.63) is 16.1 Å². The summed E-state index contributed by atoms with van der Waals surface area (Å²) >= 11 is 1.71. The van der Waals surface area contributed by atoms with Crippen molar-refractivity contribution in [1.82, 2.24) is 10.3 Å². The number of hydrogen-bond donors (Lipinski definition) is 1. The van der Waals surface area contributed by atoms with Crippen LogP contribution < -0.4 is 5.32 Å². The predicted molar refractivity (Wildman–Crippen MR) is 59.8 cm³/mol. The summed E-state index contributed by atoms with van der Waals surface area (Å²) in [5.74, 6) is 0.519. The van der Waals surface area contributed by atoms with Crippen LogP contribution in [-0.4, -0.2) is 25.2 Å². The topological polar surface area (TPSA) is 34.1 Å². The number of aromatic nitrogens is 1. The van der Waals surface area contributed by atoms with Crippen LogP contribution in [0.2, 0.25) is 0 Å². The fourth-order valence-electron chi connectivity index (χ4n) is 1.01. The van der Waals surface area contributed by atoms with E-state index in [9.17, 15) is 0 Å². The Morgan fingerprint density at radius 1 is 1.57 bits per heavy atom. The van der Waals surface area contributed by atoms with Gasteiger partial charge in [0, 0.05) is 17.8 Å². The summed E-state index contributed by atoms with van der Waals surface area (Å²) < 4.78 is 5.43. The number of rotatable bonds is 6. The Bertz CT molecular complexity index is 260. The van der Waals surface area contributed by atoms with Crippen LogP contribution in [0.4, 0.5) is 0 Å². The number of ether oxygens (including phenoxy) is 1. The molecule has 0 amide bonds. The first-order valence-electron chi connectivity index (χ1n) is 4.90. The van der Waals surface area contributed by atoms with Crippen LogP contribution in [0.1, 0.15) is 30.5 Å². The molecule has 0 atom stereocenters. The van der Waals surface area contributed by atoms with E-state index in [-0.39, 0.29) is 0 Å². The van der Waals surface area contributed by atoms with Gasteiger partial charge in [0.15, 0.2) is 0 Å².